The first-order valence-electron chi connectivity index (χ1n) is 2.14. The Morgan fingerprint density at radius 3 is 2.00 bits per heavy atom. The van der Waals surface area contributed by atoms with Gasteiger partial charge >= 0.3 is 0 Å². The quantitative estimate of drug-likeness (QED) is 0.295. The van der Waals surface area contributed by atoms with Gasteiger partial charge in [-0.05, 0) is 0 Å². The fraction of sp³-hybridized carbons (Fsp3) is 0.400. The minimum atomic E-state index is 1.20. The van der Waals surface area contributed by atoms with Crippen LogP contribution in [0.25, 0.3) is 0 Å². The summed E-state index contributed by atoms with van der Waals surface area (Å²) in [5.74, 6) is 0. The maximum atomic E-state index is 4.11. The zero-order valence-corrected chi connectivity index (χ0v) is 4.85. The summed E-state index contributed by atoms with van der Waals surface area (Å²) in [6.07, 6.45) is 1.20. The van der Waals surface area contributed by atoms with Crippen LogP contribution in [0.2, 0.25) is 0 Å². The van der Waals surface area contributed by atoms with Crippen molar-refractivity contribution in [1.82, 2.24) is 0 Å². The van der Waals surface area contributed by atoms with Gasteiger partial charge in [0.05, 0.1) is 0 Å². The second-order valence-electron chi connectivity index (χ2n) is 0.401. The number of hydrogen-bond donors (Lipinski definition) is 0. The van der Waals surface area contributed by atoms with Crippen LogP contribution in [-0.4, -0.2) is 6.72 Å². The minimum Gasteiger partial charge on any atom is -0.366 e. The van der Waals surface area contributed by atoms with Crippen LogP contribution < -0.4 is 0 Å². The average molecular weight is 101 g/mol. The van der Waals surface area contributed by atoms with Gasteiger partial charge in [0.15, 0.2) is 0 Å². The molecule has 0 spiro atoms. The first-order chi connectivity index (χ1) is 3.41. The van der Waals surface area contributed by atoms with Crippen molar-refractivity contribution in [3.63, 3.8) is 0 Å². The van der Waals surface area contributed by atoms with Crippen LogP contribution in [0, 0.1) is 0 Å². The molecule has 0 fully saturated rings. The molecule has 0 heterocycles. The van der Waals surface area contributed by atoms with Crippen molar-refractivity contribution in [2.75, 3.05) is 0 Å². The van der Waals surface area contributed by atoms with Crippen LogP contribution in [0.15, 0.2) is 18.0 Å². The van der Waals surface area contributed by atoms with E-state index in [-0.39, 0.29) is 0 Å². The highest BCUT2D eigenvalue weighted by Crippen LogP contribution is 1.64. The standard InChI is InChI=1S/C3H5NO.C2H6/c1-3-5-4-2;1-2/h3H,1-2H2;1-2H3. The summed E-state index contributed by atoms with van der Waals surface area (Å²) < 4.78 is 0. The highest BCUT2D eigenvalue weighted by atomic mass is 16.6. The van der Waals surface area contributed by atoms with Crippen molar-refractivity contribution in [3.8, 4) is 0 Å². The summed E-state index contributed by atoms with van der Waals surface area (Å²) in [5.41, 5.74) is 0. The molecule has 0 aromatic carbocycles. The third-order valence-corrected chi connectivity index (χ3v) is 0.149. The SMILES string of the molecule is C=CON=C.CC. The molecule has 0 amide bonds. The van der Waals surface area contributed by atoms with Gasteiger partial charge in [-0.15, -0.1) is 0 Å². The Morgan fingerprint density at radius 1 is 1.57 bits per heavy atom. The Hall–Kier alpha value is -0.790. The fourth-order valence-corrected chi connectivity index (χ4v) is 0.0527. The van der Waals surface area contributed by atoms with E-state index in [1.807, 2.05) is 13.8 Å². The van der Waals surface area contributed by atoms with Gasteiger partial charge in [0.1, 0.15) is 6.26 Å². The molecule has 0 aliphatic heterocycles. The fourth-order valence-electron chi connectivity index (χ4n) is 0.0527. The summed E-state index contributed by atoms with van der Waals surface area (Å²) in [6.45, 7) is 10.2. The summed E-state index contributed by atoms with van der Waals surface area (Å²) in [5, 5.41) is 2.99. The lowest BCUT2D eigenvalue weighted by Crippen LogP contribution is -1.54. The lowest BCUT2D eigenvalue weighted by atomic mass is 11.0. The third kappa shape index (κ3) is 36.7. The van der Waals surface area contributed by atoms with Gasteiger partial charge in [-0.2, -0.15) is 0 Å². The maximum Gasteiger partial charge on any atom is 0.114 e. The second-order valence-corrected chi connectivity index (χ2v) is 0.401. The van der Waals surface area contributed by atoms with Gasteiger partial charge in [0.25, 0.3) is 0 Å². The molecule has 0 atom stereocenters. The molecule has 0 N–H and O–H groups in total. The van der Waals surface area contributed by atoms with E-state index in [2.05, 4.69) is 23.3 Å². The van der Waals surface area contributed by atoms with Gasteiger partial charge in [-0.25, -0.2) is 0 Å². The smallest absolute Gasteiger partial charge is 0.114 e. The Labute approximate surface area is 44.5 Å². The van der Waals surface area contributed by atoms with Crippen LogP contribution in [0.4, 0.5) is 0 Å². The van der Waals surface area contributed by atoms with E-state index in [0.717, 1.165) is 0 Å². The van der Waals surface area contributed by atoms with Crippen molar-refractivity contribution in [2.24, 2.45) is 5.16 Å². The molecule has 42 valence electrons. The van der Waals surface area contributed by atoms with Crippen LogP contribution in [0.1, 0.15) is 13.8 Å². The molecule has 0 aliphatic carbocycles. The van der Waals surface area contributed by atoms with Gasteiger partial charge in [0, 0.05) is 6.72 Å². The molecule has 0 unspecified atom stereocenters. The Balaban J connectivity index is 0. The number of oxime groups is 1. The summed E-state index contributed by atoms with van der Waals surface area (Å²) in [4.78, 5) is 4.11. The molecule has 0 rings (SSSR count). The van der Waals surface area contributed by atoms with Crippen molar-refractivity contribution < 1.29 is 4.84 Å². The van der Waals surface area contributed by atoms with Crippen LogP contribution in [0.5, 0.6) is 0 Å². The zero-order valence-electron chi connectivity index (χ0n) is 4.85. The van der Waals surface area contributed by atoms with E-state index in [0.29, 0.717) is 0 Å². The second kappa shape index (κ2) is 18.9. The average Bonchev–Trinajstić information content (AvgIpc) is 1.75. The largest absolute Gasteiger partial charge is 0.366 e. The van der Waals surface area contributed by atoms with Crippen molar-refractivity contribution in [3.05, 3.63) is 12.8 Å². The van der Waals surface area contributed by atoms with Crippen LogP contribution in [-0.2, 0) is 4.84 Å². The van der Waals surface area contributed by atoms with Gasteiger partial charge in [-0.1, -0.05) is 25.6 Å². The molecule has 0 saturated carbocycles. The molecule has 2 nitrogen and oxygen atoms in total. The monoisotopic (exact) mass is 101 g/mol. The molecule has 2 heteroatoms. The normalized spacial score (nSPS) is 4.86. The Morgan fingerprint density at radius 2 is 2.00 bits per heavy atom. The highest BCUT2D eigenvalue weighted by molar-refractivity contribution is 5.21. The van der Waals surface area contributed by atoms with E-state index in [4.69, 9.17) is 0 Å². The molecule has 0 bridgehead atoms. The third-order valence-electron chi connectivity index (χ3n) is 0.149. The van der Waals surface area contributed by atoms with E-state index in [1.165, 1.54) is 6.26 Å². The van der Waals surface area contributed by atoms with Gasteiger partial charge < -0.3 is 4.84 Å². The van der Waals surface area contributed by atoms with Crippen molar-refractivity contribution in [1.29, 1.82) is 0 Å². The predicted molar refractivity (Wildman–Crippen MR) is 32.2 cm³/mol. The Kier molecular flexibility index (Phi) is 25.7. The lowest BCUT2D eigenvalue weighted by molar-refractivity contribution is 0.273. The lowest BCUT2D eigenvalue weighted by Gasteiger charge is -1.74. The molecule has 0 saturated heterocycles. The minimum absolute atomic E-state index is 1.20. The first kappa shape index (κ1) is 9.51. The molecule has 0 aromatic heterocycles. The molecule has 0 aromatic rings. The summed E-state index contributed by atoms with van der Waals surface area (Å²) >= 11 is 0. The summed E-state index contributed by atoms with van der Waals surface area (Å²) in [7, 11) is 0. The van der Waals surface area contributed by atoms with Crippen LogP contribution in [0.3, 0.4) is 0 Å². The van der Waals surface area contributed by atoms with Crippen LogP contribution >= 0.6 is 0 Å². The Bertz CT molecular complexity index is 37.3. The van der Waals surface area contributed by atoms with E-state index < -0.39 is 0 Å². The topological polar surface area (TPSA) is 21.6 Å². The first-order valence-corrected chi connectivity index (χ1v) is 2.14. The van der Waals surface area contributed by atoms with Gasteiger partial charge in [-0.3, -0.25) is 0 Å². The van der Waals surface area contributed by atoms with E-state index in [9.17, 15) is 0 Å². The number of rotatable bonds is 2. The molecule has 0 aliphatic rings. The molecular formula is C5H11NO. The van der Waals surface area contributed by atoms with Gasteiger partial charge in [0.2, 0.25) is 0 Å². The molecule has 7 heavy (non-hydrogen) atoms. The number of hydrogen-bond acceptors (Lipinski definition) is 2. The van der Waals surface area contributed by atoms with Crippen molar-refractivity contribution in [2.45, 2.75) is 13.8 Å². The molecule has 0 radical (unpaired) electrons. The summed E-state index contributed by atoms with van der Waals surface area (Å²) in [6, 6.07) is 0. The number of nitrogens with zero attached hydrogens (tertiary/aromatic N) is 1. The van der Waals surface area contributed by atoms with Crippen molar-refractivity contribution >= 4 is 6.72 Å². The van der Waals surface area contributed by atoms with E-state index >= 15 is 0 Å². The molecular weight excluding hydrogens is 90.1 g/mol. The highest BCUT2D eigenvalue weighted by Gasteiger charge is 1.46. The van der Waals surface area contributed by atoms with E-state index in [1.54, 1.807) is 0 Å². The maximum absolute atomic E-state index is 4.11. The zero-order chi connectivity index (χ0) is 6.12. The predicted octanol–water partition coefficient (Wildman–Crippen LogP) is 1.79.